The van der Waals surface area contributed by atoms with Gasteiger partial charge in [0.2, 0.25) is 0 Å². The zero-order valence-electron chi connectivity index (χ0n) is 9.69. The number of pyridine rings is 1. The second-order valence-corrected chi connectivity index (χ2v) is 5.14. The van der Waals surface area contributed by atoms with E-state index in [0.29, 0.717) is 0 Å². The lowest BCUT2D eigenvalue weighted by molar-refractivity contribution is 0.836. The number of nitrogens with two attached hydrogens (primary N) is 1. The van der Waals surface area contributed by atoms with Crippen LogP contribution in [-0.4, -0.2) is 9.97 Å². The third kappa shape index (κ3) is 1.99. The summed E-state index contributed by atoms with van der Waals surface area (Å²) in [6.45, 7) is 6.13. The van der Waals surface area contributed by atoms with Gasteiger partial charge >= 0.3 is 0 Å². The van der Waals surface area contributed by atoms with Crippen molar-refractivity contribution in [3.63, 3.8) is 0 Å². The highest BCUT2D eigenvalue weighted by molar-refractivity contribution is 7.11. The third-order valence-electron chi connectivity index (χ3n) is 2.73. The fourth-order valence-electron chi connectivity index (χ4n) is 1.57. The Morgan fingerprint density at radius 1 is 1.31 bits per heavy atom. The van der Waals surface area contributed by atoms with E-state index in [-0.39, 0.29) is 6.04 Å². The van der Waals surface area contributed by atoms with Gasteiger partial charge in [0.05, 0.1) is 11.7 Å². The molecule has 2 rings (SSSR count). The van der Waals surface area contributed by atoms with Crippen LogP contribution in [0.4, 0.5) is 0 Å². The summed E-state index contributed by atoms with van der Waals surface area (Å²) in [6, 6.07) is 1.81. The molecule has 3 nitrogen and oxygen atoms in total. The second kappa shape index (κ2) is 4.31. The van der Waals surface area contributed by atoms with E-state index in [9.17, 15) is 0 Å². The van der Waals surface area contributed by atoms with E-state index >= 15 is 0 Å². The van der Waals surface area contributed by atoms with Crippen molar-refractivity contribution in [2.75, 3.05) is 0 Å². The van der Waals surface area contributed by atoms with Crippen molar-refractivity contribution in [2.45, 2.75) is 26.8 Å². The molecule has 84 valence electrons. The van der Waals surface area contributed by atoms with Gasteiger partial charge in [0.1, 0.15) is 5.01 Å². The van der Waals surface area contributed by atoms with Crippen molar-refractivity contribution in [3.8, 4) is 0 Å². The van der Waals surface area contributed by atoms with Crippen molar-refractivity contribution in [3.05, 3.63) is 45.2 Å². The van der Waals surface area contributed by atoms with Gasteiger partial charge in [-0.25, -0.2) is 4.98 Å². The molecule has 0 spiro atoms. The smallest absolute Gasteiger partial charge is 0.114 e. The van der Waals surface area contributed by atoms with Gasteiger partial charge in [-0.15, -0.1) is 11.3 Å². The van der Waals surface area contributed by atoms with E-state index < -0.39 is 0 Å². The molecule has 0 saturated heterocycles. The molecule has 2 aromatic rings. The predicted molar refractivity (Wildman–Crippen MR) is 66.6 cm³/mol. The molecule has 0 bridgehead atoms. The highest BCUT2D eigenvalue weighted by atomic mass is 32.1. The molecule has 1 unspecified atom stereocenters. The number of hydrogen-bond donors (Lipinski definition) is 1. The van der Waals surface area contributed by atoms with Crippen LogP contribution in [0.15, 0.2) is 18.5 Å². The van der Waals surface area contributed by atoms with Crippen molar-refractivity contribution in [1.29, 1.82) is 0 Å². The Morgan fingerprint density at radius 2 is 2.06 bits per heavy atom. The molecule has 0 saturated carbocycles. The molecule has 0 aromatic carbocycles. The van der Waals surface area contributed by atoms with E-state index in [1.807, 2.05) is 26.1 Å². The number of hydrogen-bond acceptors (Lipinski definition) is 4. The van der Waals surface area contributed by atoms with Crippen LogP contribution in [0, 0.1) is 20.8 Å². The first kappa shape index (κ1) is 11.2. The topological polar surface area (TPSA) is 51.8 Å². The summed E-state index contributed by atoms with van der Waals surface area (Å²) in [4.78, 5) is 9.84. The predicted octanol–water partition coefficient (Wildman–Crippen LogP) is 2.51. The number of nitrogens with zero attached hydrogens (tertiary/aromatic N) is 2. The zero-order chi connectivity index (χ0) is 11.7. The molecule has 0 amide bonds. The minimum atomic E-state index is -0.161. The molecule has 0 radical (unpaired) electrons. The van der Waals surface area contributed by atoms with E-state index in [2.05, 4.69) is 16.9 Å². The Hall–Kier alpha value is -1.26. The summed E-state index contributed by atoms with van der Waals surface area (Å²) >= 11 is 1.66. The first-order valence-electron chi connectivity index (χ1n) is 5.19. The molecule has 0 fully saturated rings. The molecule has 16 heavy (non-hydrogen) atoms. The minimum absolute atomic E-state index is 0.161. The Kier molecular flexibility index (Phi) is 3.03. The standard InChI is InChI=1S/C12H15N3S/c1-7-4-5-14-6-10(7)11(13)12-15-8(2)9(3)16-12/h4-6,11H,13H2,1-3H3. The Bertz CT molecular complexity index is 485. The van der Waals surface area contributed by atoms with Gasteiger partial charge in [0.15, 0.2) is 0 Å². The molecular weight excluding hydrogens is 218 g/mol. The van der Waals surface area contributed by atoms with Gasteiger partial charge in [-0.1, -0.05) is 0 Å². The van der Waals surface area contributed by atoms with Crippen LogP contribution in [-0.2, 0) is 0 Å². The van der Waals surface area contributed by atoms with Crippen molar-refractivity contribution in [1.82, 2.24) is 9.97 Å². The Labute approximate surface area is 99.4 Å². The average molecular weight is 233 g/mol. The maximum atomic E-state index is 6.21. The van der Waals surface area contributed by atoms with Gasteiger partial charge in [-0.2, -0.15) is 0 Å². The first-order valence-corrected chi connectivity index (χ1v) is 6.01. The Balaban J connectivity index is 2.39. The molecule has 2 N–H and O–H groups in total. The molecule has 2 heterocycles. The summed E-state index contributed by atoms with van der Waals surface area (Å²) in [7, 11) is 0. The normalized spacial score (nSPS) is 12.8. The summed E-state index contributed by atoms with van der Waals surface area (Å²) in [6.07, 6.45) is 3.61. The van der Waals surface area contributed by atoms with Gasteiger partial charge in [-0.3, -0.25) is 4.98 Å². The second-order valence-electron chi connectivity index (χ2n) is 3.90. The maximum absolute atomic E-state index is 6.21. The van der Waals surface area contributed by atoms with Crippen LogP contribution < -0.4 is 5.73 Å². The average Bonchev–Trinajstić information content (AvgIpc) is 2.59. The van der Waals surface area contributed by atoms with Gasteiger partial charge in [0, 0.05) is 17.3 Å². The van der Waals surface area contributed by atoms with E-state index in [1.54, 1.807) is 17.5 Å². The van der Waals surface area contributed by atoms with Gasteiger partial charge in [-0.05, 0) is 38.0 Å². The SMILES string of the molecule is Cc1ccncc1C(N)c1nc(C)c(C)s1. The lowest BCUT2D eigenvalue weighted by Crippen LogP contribution is -2.13. The number of thiazole rings is 1. The van der Waals surface area contributed by atoms with Crippen molar-refractivity contribution >= 4 is 11.3 Å². The highest BCUT2D eigenvalue weighted by Gasteiger charge is 2.16. The van der Waals surface area contributed by atoms with E-state index in [1.165, 1.54) is 4.88 Å². The van der Waals surface area contributed by atoms with Gasteiger partial charge in [0.25, 0.3) is 0 Å². The third-order valence-corrected chi connectivity index (χ3v) is 3.88. The molecule has 0 aliphatic rings. The summed E-state index contributed by atoms with van der Waals surface area (Å²) < 4.78 is 0. The molecule has 0 aliphatic heterocycles. The van der Waals surface area contributed by atoms with Gasteiger partial charge < -0.3 is 5.73 Å². The molecule has 4 heteroatoms. The fraction of sp³-hybridized carbons (Fsp3) is 0.333. The monoisotopic (exact) mass is 233 g/mol. The largest absolute Gasteiger partial charge is 0.318 e. The first-order chi connectivity index (χ1) is 7.59. The number of rotatable bonds is 2. The summed E-state index contributed by atoms with van der Waals surface area (Å²) in [5, 5.41) is 0.964. The molecule has 2 aromatic heterocycles. The fourth-order valence-corrected chi connectivity index (χ4v) is 2.51. The highest BCUT2D eigenvalue weighted by Crippen LogP contribution is 2.27. The van der Waals surface area contributed by atoms with Crippen LogP contribution in [0.1, 0.15) is 32.7 Å². The van der Waals surface area contributed by atoms with Crippen molar-refractivity contribution < 1.29 is 0 Å². The maximum Gasteiger partial charge on any atom is 0.114 e. The lowest BCUT2D eigenvalue weighted by Gasteiger charge is -2.10. The number of aryl methyl sites for hydroxylation is 3. The van der Waals surface area contributed by atoms with Crippen LogP contribution in [0.25, 0.3) is 0 Å². The summed E-state index contributed by atoms with van der Waals surface area (Å²) in [5.41, 5.74) is 9.49. The molecule has 1 atom stereocenters. The van der Waals surface area contributed by atoms with Crippen LogP contribution >= 0.6 is 11.3 Å². The molecular formula is C12H15N3S. The lowest BCUT2D eigenvalue weighted by atomic mass is 10.1. The number of aromatic nitrogens is 2. The summed E-state index contributed by atoms with van der Waals surface area (Å²) in [5.74, 6) is 0. The van der Waals surface area contributed by atoms with Crippen LogP contribution in [0.5, 0.6) is 0 Å². The van der Waals surface area contributed by atoms with Crippen LogP contribution in [0.3, 0.4) is 0 Å². The van der Waals surface area contributed by atoms with E-state index in [4.69, 9.17) is 5.73 Å². The van der Waals surface area contributed by atoms with Crippen molar-refractivity contribution in [2.24, 2.45) is 5.73 Å². The van der Waals surface area contributed by atoms with E-state index in [0.717, 1.165) is 21.8 Å². The molecule has 0 aliphatic carbocycles. The quantitative estimate of drug-likeness (QED) is 0.867. The minimum Gasteiger partial charge on any atom is -0.318 e. The zero-order valence-corrected chi connectivity index (χ0v) is 10.5. The Morgan fingerprint density at radius 3 is 2.62 bits per heavy atom. The van der Waals surface area contributed by atoms with Crippen LogP contribution in [0.2, 0.25) is 0 Å².